The summed E-state index contributed by atoms with van der Waals surface area (Å²) in [5.74, 6) is 0.712. The Labute approximate surface area is 183 Å². The molecule has 0 unspecified atom stereocenters. The minimum absolute atomic E-state index is 0.127. The molecule has 1 N–H and O–H groups in total. The van der Waals surface area contributed by atoms with Gasteiger partial charge in [0.1, 0.15) is 11.6 Å². The monoisotopic (exact) mass is 428 g/mol. The lowest BCUT2D eigenvalue weighted by atomic mass is 9.79. The molecule has 6 nitrogen and oxygen atoms in total. The van der Waals surface area contributed by atoms with E-state index in [0.717, 1.165) is 62.4 Å². The Kier molecular flexibility index (Phi) is 6.32. The molecule has 0 aliphatic carbocycles. The first-order valence-electron chi connectivity index (χ1n) is 11.2. The molecule has 2 fully saturated rings. The highest BCUT2D eigenvalue weighted by Crippen LogP contribution is 2.39. The topological polar surface area (TPSA) is 61.5 Å². The molecule has 2 aliphatic heterocycles. The van der Waals surface area contributed by atoms with Gasteiger partial charge in [0.25, 0.3) is 0 Å². The van der Waals surface area contributed by atoms with Gasteiger partial charge in [-0.3, -0.25) is 14.8 Å². The van der Waals surface area contributed by atoms with Crippen LogP contribution in [-0.4, -0.2) is 59.2 Å². The van der Waals surface area contributed by atoms with Crippen molar-refractivity contribution >= 4 is 5.91 Å². The number of methoxy groups -OCH3 is 1. The number of benzene rings is 1. The summed E-state index contributed by atoms with van der Waals surface area (Å²) in [5, 5.41) is 7.32. The number of amides is 1. The Morgan fingerprint density at radius 1 is 1.26 bits per heavy atom. The smallest absolute Gasteiger partial charge is 0.222 e. The quantitative estimate of drug-likeness (QED) is 0.763. The molecular formula is C24H33FN4O2. The maximum Gasteiger partial charge on any atom is 0.222 e. The molecule has 1 aromatic carbocycles. The zero-order valence-corrected chi connectivity index (χ0v) is 18.8. The predicted octanol–water partition coefficient (Wildman–Crippen LogP) is 3.62. The van der Waals surface area contributed by atoms with E-state index in [0.29, 0.717) is 30.7 Å². The first kappa shape index (κ1) is 21.8. The Balaban J connectivity index is 1.34. The van der Waals surface area contributed by atoms with E-state index in [1.165, 1.54) is 6.07 Å². The van der Waals surface area contributed by atoms with Gasteiger partial charge in [-0.15, -0.1) is 0 Å². The van der Waals surface area contributed by atoms with Crippen LogP contribution in [0, 0.1) is 25.1 Å². The lowest BCUT2D eigenvalue weighted by molar-refractivity contribution is -0.130. The first-order valence-corrected chi connectivity index (χ1v) is 11.2. The number of aromatic nitrogens is 2. The van der Waals surface area contributed by atoms with Crippen LogP contribution < -0.4 is 4.74 Å². The Morgan fingerprint density at radius 2 is 2.10 bits per heavy atom. The Hall–Kier alpha value is -2.41. The van der Waals surface area contributed by atoms with Crippen molar-refractivity contribution in [3.63, 3.8) is 0 Å². The third-order valence-electron chi connectivity index (χ3n) is 7.11. The summed E-state index contributed by atoms with van der Waals surface area (Å²) in [6.45, 7) is 8.13. The van der Waals surface area contributed by atoms with Gasteiger partial charge in [-0.05, 0) is 63.4 Å². The average molecular weight is 429 g/mol. The van der Waals surface area contributed by atoms with Crippen LogP contribution in [0.2, 0.25) is 0 Å². The van der Waals surface area contributed by atoms with E-state index < -0.39 is 0 Å². The molecule has 2 aromatic rings. The third kappa shape index (κ3) is 4.76. The van der Waals surface area contributed by atoms with Crippen LogP contribution in [0.4, 0.5) is 4.39 Å². The van der Waals surface area contributed by atoms with Crippen molar-refractivity contribution in [1.82, 2.24) is 20.0 Å². The van der Waals surface area contributed by atoms with Gasteiger partial charge in [-0.2, -0.15) is 5.10 Å². The van der Waals surface area contributed by atoms with Crippen LogP contribution in [0.25, 0.3) is 0 Å². The zero-order chi connectivity index (χ0) is 22.0. The highest BCUT2D eigenvalue weighted by molar-refractivity contribution is 5.76. The maximum absolute atomic E-state index is 14.3. The van der Waals surface area contributed by atoms with Gasteiger partial charge in [0.2, 0.25) is 5.91 Å². The van der Waals surface area contributed by atoms with Crippen molar-refractivity contribution < 1.29 is 13.9 Å². The molecule has 1 aromatic heterocycles. The summed E-state index contributed by atoms with van der Waals surface area (Å²) in [6, 6.07) is 4.93. The molecule has 4 rings (SSSR count). The molecule has 7 heteroatoms. The highest BCUT2D eigenvalue weighted by atomic mass is 19.1. The second kappa shape index (κ2) is 8.99. The Bertz CT molecular complexity index is 944. The summed E-state index contributed by atoms with van der Waals surface area (Å²) in [5.41, 5.74) is 4.01. The summed E-state index contributed by atoms with van der Waals surface area (Å²) >= 11 is 0. The number of H-pyrrole nitrogens is 1. The molecule has 1 spiro atoms. The number of ether oxygens (including phenoxy) is 1. The molecule has 0 radical (unpaired) electrons. The summed E-state index contributed by atoms with van der Waals surface area (Å²) < 4.78 is 19.6. The molecular weight excluding hydrogens is 395 g/mol. The maximum atomic E-state index is 14.3. The van der Waals surface area contributed by atoms with Gasteiger partial charge >= 0.3 is 0 Å². The van der Waals surface area contributed by atoms with E-state index in [-0.39, 0.29) is 17.1 Å². The molecule has 2 saturated heterocycles. The Morgan fingerprint density at radius 3 is 2.84 bits per heavy atom. The van der Waals surface area contributed by atoms with E-state index in [1.54, 1.807) is 19.2 Å². The van der Waals surface area contributed by atoms with Crippen molar-refractivity contribution in [1.29, 1.82) is 0 Å². The van der Waals surface area contributed by atoms with E-state index in [1.807, 2.05) is 18.7 Å². The van der Waals surface area contributed by atoms with Crippen LogP contribution in [0.15, 0.2) is 18.2 Å². The first-order chi connectivity index (χ1) is 14.9. The number of nitrogens with one attached hydrogen (secondary N) is 1. The van der Waals surface area contributed by atoms with Crippen molar-refractivity contribution in [2.75, 3.05) is 33.3 Å². The third-order valence-corrected chi connectivity index (χ3v) is 7.11. The second-order valence-corrected chi connectivity index (χ2v) is 9.26. The standard InChI is InChI=1S/C24H33FN4O2/c1-17-18(2)26-27-22(17)7-8-23(30)29-12-10-24(16-29)9-4-11-28(15-24)14-19-13-20(31-3)5-6-21(19)25/h5-6,13H,4,7-12,14-16H2,1-3H3,(H,26,27)/t24-/m1/s1. The molecule has 3 heterocycles. The zero-order valence-electron chi connectivity index (χ0n) is 18.8. The number of rotatable bonds is 6. The van der Waals surface area contributed by atoms with Crippen molar-refractivity contribution in [3.05, 3.63) is 46.5 Å². The lowest BCUT2D eigenvalue weighted by Crippen LogP contribution is -2.45. The van der Waals surface area contributed by atoms with Crippen molar-refractivity contribution in [2.45, 2.75) is 52.5 Å². The summed E-state index contributed by atoms with van der Waals surface area (Å²) in [6.07, 6.45) is 4.42. The average Bonchev–Trinajstić information content (AvgIpc) is 3.31. The minimum Gasteiger partial charge on any atom is -0.497 e. The number of aryl methyl sites for hydroxylation is 2. The number of carbonyl (C=O) groups excluding carboxylic acids is 1. The highest BCUT2D eigenvalue weighted by Gasteiger charge is 2.42. The van der Waals surface area contributed by atoms with Crippen LogP contribution in [-0.2, 0) is 17.8 Å². The fourth-order valence-electron chi connectivity index (χ4n) is 5.13. The lowest BCUT2D eigenvalue weighted by Gasteiger charge is -2.40. The normalized spacial score (nSPS) is 21.7. The van der Waals surface area contributed by atoms with E-state index >= 15 is 0 Å². The number of aromatic amines is 1. The fourth-order valence-corrected chi connectivity index (χ4v) is 5.13. The SMILES string of the molecule is COc1ccc(F)c(CN2CCC[C@@]3(CCN(C(=O)CCc4n[nH]c(C)c4C)C3)C2)c1. The van der Waals surface area contributed by atoms with Crippen LogP contribution in [0.5, 0.6) is 5.75 Å². The number of likely N-dealkylation sites (tertiary alicyclic amines) is 2. The largest absolute Gasteiger partial charge is 0.497 e. The number of hydrogen-bond acceptors (Lipinski definition) is 4. The van der Waals surface area contributed by atoms with Gasteiger partial charge in [0.05, 0.1) is 12.8 Å². The number of carbonyl (C=O) groups is 1. The molecule has 1 amide bonds. The molecule has 1 atom stereocenters. The number of hydrogen-bond donors (Lipinski definition) is 1. The van der Waals surface area contributed by atoms with Crippen LogP contribution in [0.3, 0.4) is 0 Å². The molecule has 2 aliphatic rings. The van der Waals surface area contributed by atoms with E-state index in [2.05, 4.69) is 15.1 Å². The van der Waals surface area contributed by atoms with Gasteiger partial charge in [-0.1, -0.05) is 0 Å². The number of nitrogens with zero attached hydrogens (tertiary/aromatic N) is 3. The van der Waals surface area contributed by atoms with Crippen LogP contribution in [0.1, 0.15) is 48.2 Å². The fraction of sp³-hybridized carbons (Fsp3) is 0.583. The van der Waals surface area contributed by atoms with Gasteiger partial charge in [-0.25, -0.2) is 4.39 Å². The molecule has 31 heavy (non-hydrogen) atoms. The molecule has 168 valence electrons. The van der Waals surface area contributed by atoms with E-state index in [4.69, 9.17) is 4.74 Å². The van der Waals surface area contributed by atoms with Gasteiger partial charge in [0.15, 0.2) is 0 Å². The number of halogens is 1. The van der Waals surface area contributed by atoms with Crippen molar-refractivity contribution in [3.8, 4) is 5.75 Å². The van der Waals surface area contributed by atoms with Gasteiger partial charge < -0.3 is 9.64 Å². The van der Waals surface area contributed by atoms with Crippen molar-refractivity contribution in [2.24, 2.45) is 5.41 Å². The number of piperidine rings is 1. The molecule has 0 saturated carbocycles. The van der Waals surface area contributed by atoms with Crippen LogP contribution >= 0.6 is 0 Å². The minimum atomic E-state index is -0.187. The molecule has 0 bridgehead atoms. The van der Waals surface area contributed by atoms with Gasteiger partial charge in [0, 0.05) is 55.7 Å². The second-order valence-electron chi connectivity index (χ2n) is 9.26. The predicted molar refractivity (Wildman–Crippen MR) is 117 cm³/mol. The summed E-state index contributed by atoms with van der Waals surface area (Å²) in [7, 11) is 1.60. The summed E-state index contributed by atoms with van der Waals surface area (Å²) in [4.78, 5) is 17.2. The van der Waals surface area contributed by atoms with E-state index in [9.17, 15) is 9.18 Å².